The average molecular weight is 479 g/mol. The molecule has 3 heterocycles. The molecule has 3 aliphatic heterocycles. The molecule has 178 valence electrons. The lowest BCUT2D eigenvalue weighted by atomic mass is 9.91. The molecule has 4 rings (SSSR count). The van der Waals surface area contributed by atoms with E-state index in [1.165, 1.54) is 17.0 Å². The van der Waals surface area contributed by atoms with Gasteiger partial charge >= 0.3 is 0 Å². The van der Waals surface area contributed by atoms with Crippen molar-refractivity contribution >= 4 is 35.2 Å². The first-order valence-corrected chi connectivity index (χ1v) is 11.5. The lowest BCUT2D eigenvalue weighted by molar-refractivity contribution is -0.145. The summed E-state index contributed by atoms with van der Waals surface area (Å²) < 4.78 is 13.4. The van der Waals surface area contributed by atoms with Crippen LogP contribution in [0.15, 0.2) is 18.2 Å². The van der Waals surface area contributed by atoms with E-state index in [4.69, 9.17) is 11.6 Å². The van der Waals surface area contributed by atoms with E-state index >= 15 is 0 Å². The normalized spacial score (nSPS) is 27.1. The highest BCUT2D eigenvalue weighted by atomic mass is 35.5. The van der Waals surface area contributed by atoms with E-state index in [1.807, 2.05) is 20.8 Å². The van der Waals surface area contributed by atoms with Crippen LogP contribution in [-0.4, -0.2) is 70.7 Å². The van der Waals surface area contributed by atoms with Gasteiger partial charge in [-0.1, -0.05) is 32.4 Å². The maximum absolute atomic E-state index is 13.5. The molecule has 1 aromatic carbocycles. The fourth-order valence-electron chi connectivity index (χ4n) is 4.87. The third kappa shape index (κ3) is 4.69. The standard InChI is InChI=1S/C23H28ClFN4O4/c1-23(2,3)10-18(30)28-7-6-16-19(28)22(33)29-11-13(9-17(29)21(32)27-16)26-20(31)12-4-5-15(25)14(24)8-12/h4-5,8,13,16-17,19H,6-7,9-11H2,1-3H3,(H,26,31)(H,27,32). The van der Waals surface area contributed by atoms with Crippen molar-refractivity contribution in [3.05, 3.63) is 34.6 Å². The minimum atomic E-state index is -0.737. The summed E-state index contributed by atoms with van der Waals surface area (Å²) in [4.78, 5) is 55.0. The van der Waals surface area contributed by atoms with Gasteiger partial charge in [0.25, 0.3) is 5.91 Å². The van der Waals surface area contributed by atoms with Gasteiger partial charge in [0, 0.05) is 31.1 Å². The number of hydrogen-bond acceptors (Lipinski definition) is 4. The number of amides is 4. The Morgan fingerprint density at radius 3 is 2.67 bits per heavy atom. The minimum Gasteiger partial charge on any atom is -0.349 e. The fourth-order valence-corrected chi connectivity index (χ4v) is 5.05. The second-order valence-electron chi connectivity index (χ2n) is 10.2. The Kier molecular flexibility index (Phi) is 6.11. The van der Waals surface area contributed by atoms with Crippen molar-refractivity contribution in [2.75, 3.05) is 13.1 Å². The molecule has 0 radical (unpaired) electrons. The van der Waals surface area contributed by atoms with Crippen LogP contribution in [0.5, 0.6) is 0 Å². The maximum Gasteiger partial charge on any atom is 0.251 e. The predicted molar refractivity (Wildman–Crippen MR) is 119 cm³/mol. The molecular formula is C23H28ClFN4O4. The summed E-state index contributed by atoms with van der Waals surface area (Å²) in [5.74, 6) is -1.74. The third-order valence-corrected chi connectivity index (χ3v) is 6.67. The lowest BCUT2D eigenvalue weighted by Crippen LogP contribution is -2.53. The summed E-state index contributed by atoms with van der Waals surface area (Å²) in [6.45, 7) is 6.47. The van der Waals surface area contributed by atoms with Gasteiger partial charge in [-0.3, -0.25) is 19.2 Å². The third-order valence-electron chi connectivity index (χ3n) is 6.38. The zero-order valence-electron chi connectivity index (χ0n) is 18.9. The topological polar surface area (TPSA) is 98.8 Å². The second-order valence-corrected chi connectivity index (χ2v) is 10.6. The summed E-state index contributed by atoms with van der Waals surface area (Å²) in [6.07, 6.45) is 1.09. The van der Waals surface area contributed by atoms with Crippen molar-refractivity contribution in [1.82, 2.24) is 20.4 Å². The quantitative estimate of drug-likeness (QED) is 0.691. The number of carbonyl (C=O) groups is 4. The first kappa shape index (κ1) is 23.5. The number of benzene rings is 1. The number of hydrogen-bond donors (Lipinski definition) is 2. The van der Waals surface area contributed by atoms with Crippen LogP contribution < -0.4 is 10.6 Å². The van der Waals surface area contributed by atoms with Crippen molar-refractivity contribution < 1.29 is 23.6 Å². The molecule has 3 fully saturated rings. The molecule has 0 saturated carbocycles. The molecule has 33 heavy (non-hydrogen) atoms. The fraction of sp³-hybridized carbons (Fsp3) is 0.565. The smallest absolute Gasteiger partial charge is 0.251 e. The summed E-state index contributed by atoms with van der Waals surface area (Å²) in [5.41, 5.74) is -0.0323. The van der Waals surface area contributed by atoms with E-state index < -0.39 is 35.9 Å². The molecule has 0 bridgehead atoms. The highest BCUT2D eigenvalue weighted by Gasteiger charge is 2.52. The molecule has 4 atom stereocenters. The van der Waals surface area contributed by atoms with Gasteiger partial charge in [-0.05, 0) is 36.5 Å². The van der Waals surface area contributed by atoms with Crippen LogP contribution in [0.25, 0.3) is 0 Å². The Morgan fingerprint density at radius 1 is 1.27 bits per heavy atom. The van der Waals surface area contributed by atoms with Crippen LogP contribution in [0.2, 0.25) is 5.02 Å². The minimum absolute atomic E-state index is 0.103. The number of nitrogens with zero attached hydrogens (tertiary/aromatic N) is 2. The number of likely N-dealkylation sites (tertiary alicyclic amines) is 1. The molecule has 3 saturated heterocycles. The van der Waals surface area contributed by atoms with E-state index in [9.17, 15) is 23.6 Å². The van der Waals surface area contributed by atoms with Crippen molar-refractivity contribution in [2.24, 2.45) is 5.41 Å². The average Bonchev–Trinajstić information content (AvgIpc) is 3.30. The molecular weight excluding hydrogens is 451 g/mol. The number of rotatable bonds is 3. The van der Waals surface area contributed by atoms with Crippen LogP contribution in [0.1, 0.15) is 50.4 Å². The van der Waals surface area contributed by atoms with Crippen LogP contribution >= 0.6 is 11.6 Å². The van der Waals surface area contributed by atoms with Crippen LogP contribution in [0.3, 0.4) is 0 Å². The maximum atomic E-state index is 13.5. The summed E-state index contributed by atoms with van der Waals surface area (Å²) in [6, 6.07) is 1.35. The lowest BCUT2D eigenvalue weighted by Gasteiger charge is -2.31. The Morgan fingerprint density at radius 2 is 2.00 bits per heavy atom. The Labute approximate surface area is 196 Å². The number of carbonyl (C=O) groups excluding carboxylic acids is 4. The van der Waals surface area contributed by atoms with E-state index in [0.29, 0.717) is 19.4 Å². The number of halogens is 2. The molecule has 2 N–H and O–H groups in total. The van der Waals surface area contributed by atoms with Gasteiger partial charge in [-0.15, -0.1) is 0 Å². The largest absolute Gasteiger partial charge is 0.349 e. The first-order valence-electron chi connectivity index (χ1n) is 11.1. The van der Waals surface area contributed by atoms with Crippen LogP contribution in [0, 0.1) is 11.2 Å². The van der Waals surface area contributed by atoms with Gasteiger partial charge in [0.2, 0.25) is 17.7 Å². The molecule has 10 heteroatoms. The van der Waals surface area contributed by atoms with Gasteiger partial charge in [0.05, 0.1) is 11.1 Å². The summed E-state index contributed by atoms with van der Waals surface area (Å²) in [5, 5.41) is 5.59. The van der Waals surface area contributed by atoms with Gasteiger partial charge in [0.15, 0.2) is 0 Å². The number of nitrogens with one attached hydrogen (secondary N) is 2. The van der Waals surface area contributed by atoms with E-state index in [0.717, 1.165) is 6.07 Å². The first-order chi connectivity index (χ1) is 15.4. The Bertz CT molecular complexity index is 1010. The van der Waals surface area contributed by atoms with Crippen molar-refractivity contribution in [3.63, 3.8) is 0 Å². The van der Waals surface area contributed by atoms with Gasteiger partial charge < -0.3 is 20.4 Å². The van der Waals surface area contributed by atoms with Crippen molar-refractivity contribution in [2.45, 2.75) is 64.2 Å². The SMILES string of the molecule is CC(C)(C)CC(=O)N1CCC2NC(=O)C3CC(NC(=O)c4ccc(F)c(Cl)c4)CN3C(=O)C21. The van der Waals surface area contributed by atoms with E-state index in [1.54, 1.807) is 4.90 Å². The van der Waals surface area contributed by atoms with Gasteiger partial charge in [0.1, 0.15) is 17.9 Å². The molecule has 0 spiro atoms. The molecule has 3 aliphatic rings. The summed E-state index contributed by atoms with van der Waals surface area (Å²) in [7, 11) is 0. The Hall–Kier alpha value is -2.68. The predicted octanol–water partition coefficient (Wildman–Crippen LogP) is 1.71. The zero-order chi connectivity index (χ0) is 24.1. The molecule has 4 unspecified atom stereocenters. The molecule has 0 aromatic heterocycles. The highest BCUT2D eigenvalue weighted by Crippen LogP contribution is 2.31. The Balaban J connectivity index is 1.49. The molecule has 4 amide bonds. The van der Waals surface area contributed by atoms with Crippen LogP contribution in [0.4, 0.5) is 4.39 Å². The van der Waals surface area contributed by atoms with E-state index in [2.05, 4.69) is 10.6 Å². The highest BCUT2D eigenvalue weighted by molar-refractivity contribution is 6.31. The van der Waals surface area contributed by atoms with Gasteiger partial charge in [-0.25, -0.2) is 4.39 Å². The van der Waals surface area contributed by atoms with E-state index in [-0.39, 0.29) is 46.7 Å². The van der Waals surface area contributed by atoms with Gasteiger partial charge in [-0.2, -0.15) is 0 Å². The monoisotopic (exact) mass is 478 g/mol. The molecule has 1 aromatic rings. The summed E-state index contributed by atoms with van der Waals surface area (Å²) >= 11 is 5.77. The number of fused-ring (bicyclic) bond motifs is 2. The van der Waals surface area contributed by atoms with Crippen molar-refractivity contribution in [3.8, 4) is 0 Å². The molecule has 8 nitrogen and oxygen atoms in total. The molecule has 0 aliphatic carbocycles. The zero-order valence-corrected chi connectivity index (χ0v) is 19.6. The van der Waals surface area contributed by atoms with Crippen molar-refractivity contribution in [1.29, 1.82) is 0 Å². The van der Waals surface area contributed by atoms with Crippen LogP contribution in [-0.2, 0) is 14.4 Å². The second kappa shape index (κ2) is 8.59.